The van der Waals surface area contributed by atoms with E-state index in [9.17, 15) is 4.79 Å². The molecule has 1 amide bonds. The molecule has 1 aliphatic heterocycles. The first-order valence-corrected chi connectivity index (χ1v) is 7.47. The molecule has 1 unspecified atom stereocenters. The number of allylic oxidation sites excluding steroid dienone is 1. The molecular formula is C17H21N3O. The smallest absolute Gasteiger partial charge is 0.223 e. The van der Waals surface area contributed by atoms with Gasteiger partial charge in [0.2, 0.25) is 5.91 Å². The first-order chi connectivity index (χ1) is 10.1. The van der Waals surface area contributed by atoms with Gasteiger partial charge in [-0.1, -0.05) is 24.3 Å². The number of amides is 1. The minimum atomic E-state index is 0.184. The number of benzene rings is 1. The molecule has 2 heterocycles. The molecule has 0 aliphatic carbocycles. The third-order valence-electron chi connectivity index (χ3n) is 4.07. The zero-order valence-corrected chi connectivity index (χ0v) is 12.7. The molecule has 1 aromatic carbocycles. The Labute approximate surface area is 125 Å². The fraction of sp³-hybridized carbons (Fsp3) is 0.412. The van der Waals surface area contributed by atoms with Gasteiger partial charge in [-0.05, 0) is 26.0 Å². The molecule has 21 heavy (non-hydrogen) atoms. The average molecular weight is 283 g/mol. The van der Waals surface area contributed by atoms with Crippen LogP contribution in [-0.4, -0.2) is 33.4 Å². The summed E-state index contributed by atoms with van der Waals surface area (Å²) in [5.41, 5.74) is 3.21. The van der Waals surface area contributed by atoms with Crippen molar-refractivity contribution in [2.24, 2.45) is 0 Å². The van der Waals surface area contributed by atoms with Gasteiger partial charge in [0.1, 0.15) is 5.82 Å². The Morgan fingerprint density at radius 1 is 1.43 bits per heavy atom. The van der Waals surface area contributed by atoms with Gasteiger partial charge >= 0.3 is 0 Å². The van der Waals surface area contributed by atoms with E-state index in [-0.39, 0.29) is 11.8 Å². The van der Waals surface area contributed by atoms with Gasteiger partial charge in [0.15, 0.2) is 0 Å². The Balaban J connectivity index is 2.05. The summed E-state index contributed by atoms with van der Waals surface area (Å²) in [6.45, 7) is 10.4. The molecule has 1 atom stereocenters. The minimum absolute atomic E-state index is 0.184. The summed E-state index contributed by atoms with van der Waals surface area (Å²) in [6, 6.07) is 8.15. The summed E-state index contributed by atoms with van der Waals surface area (Å²) in [5.74, 6) is 1.43. The van der Waals surface area contributed by atoms with E-state index in [4.69, 9.17) is 4.98 Å². The number of likely N-dealkylation sites (N-methyl/N-ethyl adjacent to an activating group) is 1. The molecule has 0 radical (unpaired) electrons. The number of aromatic nitrogens is 2. The van der Waals surface area contributed by atoms with Crippen LogP contribution >= 0.6 is 0 Å². The Bertz CT molecular complexity index is 701. The standard InChI is InChI=1S/C17H21N3O/c1-4-19-11-13(9-16(19)21)17-18-14-7-5-6-8-15(14)20(17)10-12(2)3/h5-8,13H,2,4,9-11H2,1,3H3. The third-order valence-corrected chi connectivity index (χ3v) is 4.07. The average Bonchev–Trinajstić information content (AvgIpc) is 2.99. The maximum Gasteiger partial charge on any atom is 0.223 e. The van der Waals surface area contributed by atoms with Crippen LogP contribution in [0.4, 0.5) is 0 Å². The second-order valence-electron chi connectivity index (χ2n) is 5.84. The van der Waals surface area contributed by atoms with E-state index in [0.717, 1.165) is 42.1 Å². The van der Waals surface area contributed by atoms with Crippen LogP contribution in [0.25, 0.3) is 11.0 Å². The summed E-state index contributed by atoms with van der Waals surface area (Å²) in [7, 11) is 0. The maximum atomic E-state index is 12.0. The Kier molecular flexibility index (Phi) is 3.53. The second kappa shape index (κ2) is 5.35. The molecule has 2 aromatic rings. The highest BCUT2D eigenvalue weighted by atomic mass is 16.2. The number of hydrogen-bond acceptors (Lipinski definition) is 2. The van der Waals surface area contributed by atoms with Crippen LogP contribution in [0.1, 0.15) is 32.0 Å². The molecule has 110 valence electrons. The summed E-state index contributed by atoms with van der Waals surface area (Å²) < 4.78 is 2.22. The molecule has 4 heteroatoms. The first kappa shape index (κ1) is 13.9. The quantitative estimate of drug-likeness (QED) is 0.809. The fourth-order valence-corrected chi connectivity index (χ4v) is 3.09. The number of carbonyl (C=O) groups excluding carboxylic acids is 1. The molecule has 1 fully saturated rings. The number of carbonyl (C=O) groups is 1. The summed E-state index contributed by atoms with van der Waals surface area (Å²) in [6.07, 6.45) is 0.563. The third kappa shape index (κ3) is 2.46. The normalized spacial score (nSPS) is 18.7. The molecule has 0 spiro atoms. The molecule has 3 rings (SSSR count). The second-order valence-corrected chi connectivity index (χ2v) is 5.84. The lowest BCUT2D eigenvalue weighted by Crippen LogP contribution is -2.24. The largest absolute Gasteiger partial charge is 0.342 e. The van der Waals surface area contributed by atoms with Gasteiger partial charge in [-0.3, -0.25) is 4.79 Å². The Morgan fingerprint density at radius 2 is 2.19 bits per heavy atom. The van der Waals surface area contributed by atoms with E-state index in [1.54, 1.807) is 0 Å². The lowest BCUT2D eigenvalue weighted by molar-refractivity contribution is -0.127. The number of rotatable bonds is 4. The van der Waals surface area contributed by atoms with Crippen molar-refractivity contribution >= 4 is 16.9 Å². The van der Waals surface area contributed by atoms with Crippen molar-refractivity contribution in [1.82, 2.24) is 14.5 Å². The van der Waals surface area contributed by atoms with Gasteiger partial charge < -0.3 is 9.47 Å². The lowest BCUT2D eigenvalue weighted by Gasteiger charge is -2.15. The van der Waals surface area contributed by atoms with E-state index >= 15 is 0 Å². The van der Waals surface area contributed by atoms with Crippen molar-refractivity contribution in [2.45, 2.75) is 32.7 Å². The van der Waals surface area contributed by atoms with E-state index in [2.05, 4.69) is 17.2 Å². The molecule has 4 nitrogen and oxygen atoms in total. The number of hydrogen-bond donors (Lipinski definition) is 0. The molecule has 1 saturated heterocycles. The zero-order valence-electron chi connectivity index (χ0n) is 12.7. The molecule has 1 aliphatic rings. The summed E-state index contributed by atoms with van der Waals surface area (Å²) in [4.78, 5) is 18.7. The predicted octanol–water partition coefficient (Wildman–Crippen LogP) is 2.95. The van der Waals surface area contributed by atoms with E-state index in [1.807, 2.05) is 36.9 Å². The van der Waals surface area contributed by atoms with Crippen LogP contribution in [0.2, 0.25) is 0 Å². The van der Waals surface area contributed by atoms with Gasteiger partial charge in [0.05, 0.1) is 11.0 Å². The van der Waals surface area contributed by atoms with Crippen molar-refractivity contribution in [3.8, 4) is 0 Å². The minimum Gasteiger partial charge on any atom is -0.342 e. The van der Waals surface area contributed by atoms with Gasteiger partial charge in [0.25, 0.3) is 0 Å². The molecular weight excluding hydrogens is 262 g/mol. The number of para-hydroxylation sites is 2. The molecule has 0 saturated carbocycles. The molecule has 1 aromatic heterocycles. The van der Waals surface area contributed by atoms with E-state index in [0.29, 0.717) is 6.42 Å². The fourth-order valence-electron chi connectivity index (χ4n) is 3.09. The number of nitrogens with zero attached hydrogens (tertiary/aromatic N) is 3. The Hall–Kier alpha value is -2.10. The van der Waals surface area contributed by atoms with Crippen molar-refractivity contribution in [1.29, 1.82) is 0 Å². The molecule has 0 N–H and O–H groups in total. The predicted molar refractivity (Wildman–Crippen MR) is 84.2 cm³/mol. The highest BCUT2D eigenvalue weighted by Gasteiger charge is 2.32. The van der Waals surface area contributed by atoms with Crippen LogP contribution < -0.4 is 0 Å². The first-order valence-electron chi connectivity index (χ1n) is 7.47. The van der Waals surface area contributed by atoms with Crippen molar-refractivity contribution < 1.29 is 4.79 Å². The number of imidazole rings is 1. The molecule has 0 bridgehead atoms. The van der Waals surface area contributed by atoms with E-state index in [1.165, 1.54) is 0 Å². The number of likely N-dealkylation sites (tertiary alicyclic amines) is 1. The van der Waals surface area contributed by atoms with Crippen molar-refractivity contribution in [3.63, 3.8) is 0 Å². The summed E-state index contributed by atoms with van der Waals surface area (Å²) in [5, 5.41) is 0. The van der Waals surface area contributed by atoms with Crippen molar-refractivity contribution in [3.05, 3.63) is 42.2 Å². The van der Waals surface area contributed by atoms with Crippen LogP contribution in [0.15, 0.2) is 36.4 Å². The van der Waals surface area contributed by atoms with Crippen LogP contribution in [0.5, 0.6) is 0 Å². The highest BCUT2D eigenvalue weighted by Crippen LogP contribution is 2.30. The van der Waals surface area contributed by atoms with Crippen LogP contribution in [0, 0.1) is 0 Å². The highest BCUT2D eigenvalue weighted by molar-refractivity contribution is 5.80. The van der Waals surface area contributed by atoms with Gasteiger partial charge in [-0.2, -0.15) is 0 Å². The van der Waals surface area contributed by atoms with Crippen molar-refractivity contribution in [2.75, 3.05) is 13.1 Å². The van der Waals surface area contributed by atoms with Gasteiger partial charge in [0, 0.05) is 32.0 Å². The van der Waals surface area contributed by atoms with E-state index < -0.39 is 0 Å². The Morgan fingerprint density at radius 3 is 2.86 bits per heavy atom. The maximum absolute atomic E-state index is 12.0. The monoisotopic (exact) mass is 283 g/mol. The zero-order chi connectivity index (χ0) is 15.0. The van der Waals surface area contributed by atoms with Gasteiger partial charge in [-0.15, -0.1) is 0 Å². The van der Waals surface area contributed by atoms with Crippen LogP contribution in [0.3, 0.4) is 0 Å². The summed E-state index contributed by atoms with van der Waals surface area (Å²) >= 11 is 0. The topological polar surface area (TPSA) is 38.1 Å². The van der Waals surface area contributed by atoms with Crippen LogP contribution in [-0.2, 0) is 11.3 Å². The van der Waals surface area contributed by atoms with Gasteiger partial charge in [-0.25, -0.2) is 4.98 Å². The SMILES string of the molecule is C=C(C)Cn1c(C2CC(=O)N(CC)C2)nc2ccccc21. The lowest BCUT2D eigenvalue weighted by atomic mass is 10.1. The number of fused-ring (bicyclic) bond motifs is 1.